The summed E-state index contributed by atoms with van der Waals surface area (Å²) >= 11 is 3.36. The Kier molecular flexibility index (Phi) is 8.01. The molecule has 0 spiro atoms. The molecular formula is C19H33BrN2O3Si. The van der Waals surface area contributed by atoms with Crippen LogP contribution in [-0.2, 0) is 9.22 Å². The largest absolute Gasteiger partial charge is 0.417 e. The van der Waals surface area contributed by atoms with Gasteiger partial charge in [0.05, 0.1) is 0 Å². The number of aromatic nitrogens is 1. The van der Waals surface area contributed by atoms with Crippen molar-refractivity contribution in [2.24, 2.45) is 5.73 Å². The highest BCUT2D eigenvalue weighted by molar-refractivity contribution is 9.10. The number of pyridine rings is 1. The summed E-state index contributed by atoms with van der Waals surface area (Å²) in [4.78, 5) is 16.1. The summed E-state index contributed by atoms with van der Waals surface area (Å²) in [5, 5.41) is 11.1. The lowest BCUT2D eigenvalue weighted by Gasteiger charge is -2.37. The van der Waals surface area contributed by atoms with Gasteiger partial charge < -0.3 is 15.3 Å². The number of carbonyl (C=O) groups is 1. The van der Waals surface area contributed by atoms with Gasteiger partial charge in [-0.1, -0.05) is 27.7 Å². The van der Waals surface area contributed by atoms with Crippen LogP contribution in [0.15, 0.2) is 22.9 Å². The maximum Gasteiger partial charge on any atom is 0.250 e. The molecule has 3 N–H and O–H groups in total. The molecule has 1 amide bonds. The van der Waals surface area contributed by atoms with Crippen LogP contribution in [0.5, 0.6) is 0 Å². The third-order valence-corrected chi connectivity index (χ3v) is 10.6. The minimum atomic E-state index is -1.81. The molecule has 0 saturated heterocycles. The second kappa shape index (κ2) is 8.95. The molecule has 2 unspecified atom stereocenters. The van der Waals surface area contributed by atoms with E-state index in [1.54, 1.807) is 13.1 Å². The van der Waals surface area contributed by atoms with Crippen molar-refractivity contribution in [2.45, 2.75) is 76.6 Å². The molecule has 1 rings (SSSR count). The highest BCUT2D eigenvalue weighted by Gasteiger charge is 2.42. The fourth-order valence-electron chi connectivity index (χ4n) is 2.74. The summed E-state index contributed by atoms with van der Waals surface area (Å²) in [6.07, 6.45) is 3.27. The maximum absolute atomic E-state index is 12.0. The van der Waals surface area contributed by atoms with Crippen LogP contribution in [0.1, 0.15) is 58.4 Å². The molecule has 1 heterocycles. The molecule has 7 heteroatoms. The third-order valence-electron chi connectivity index (χ3n) is 5.60. The van der Waals surface area contributed by atoms with E-state index in [9.17, 15) is 9.90 Å². The molecule has 0 aliphatic carbocycles. The van der Waals surface area contributed by atoms with Crippen LogP contribution in [0.3, 0.4) is 0 Å². The average Bonchev–Trinajstić information content (AvgIpc) is 2.52. The summed E-state index contributed by atoms with van der Waals surface area (Å²) in [6, 6.07) is 3.66. The predicted octanol–water partition coefficient (Wildman–Crippen LogP) is 4.36. The van der Waals surface area contributed by atoms with Crippen molar-refractivity contribution in [3.8, 4) is 0 Å². The topological polar surface area (TPSA) is 85.4 Å². The quantitative estimate of drug-likeness (QED) is 0.336. The smallest absolute Gasteiger partial charge is 0.250 e. The van der Waals surface area contributed by atoms with E-state index < -0.39 is 25.7 Å². The lowest BCUT2D eigenvalue weighted by Crippen LogP contribution is -2.48. The second-order valence-electron chi connectivity index (χ2n) is 8.36. The van der Waals surface area contributed by atoms with Crippen LogP contribution in [0.25, 0.3) is 0 Å². The van der Waals surface area contributed by atoms with E-state index in [4.69, 9.17) is 10.2 Å². The van der Waals surface area contributed by atoms with Gasteiger partial charge in [-0.2, -0.15) is 0 Å². The molecule has 148 valence electrons. The molecule has 1 aromatic rings. The van der Waals surface area contributed by atoms with Crippen molar-refractivity contribution < 1.29 is 14.3 Å². The van der Waals surface area contributed by atoms with Gasteiger partial charge in [0.1, 0.15) is 10.2 Å². The zero-order valence-corrected chi connectivity index (χ0v) is 19.4. The summed E-state index contributed by atoms with van der Waals surface area (Å²) in [6.45, 7) is 13.4. The van der Waals surface area contributed by atoms with Crippen LogP contribution >= 0.6 is 15.9 Å². The van der Waals surface area contributed by atoms with Crippen LogP contribution in [0.2, 0.25) is 18.1 Å². The summed E-state index contributed by atoms with van der Waals surface area (Å²) in [5.74, 6) is -1.09. The standard InChI is InChI=1S/C19H33BrN2O3Si/c1-7-19(24,17(21)23)15(14-10-11-22-16(20)13-14)9-8-12-25-26(5,6)18(2,3)4/h10-11,13,15,24H,7-9,12H2,1-6H3,(H2,21,23). The van der Waals surface area contributed by atoms with Crippen molar-refractivity contribution >= 4 is 30.2 Å². The Morgan fingerprint density at radius 2 is 2.04 bits per heavy atom. The number of nitrogens with zero attached hydrogens (tertiary/aromatic N) is 1. The maximum atomic E-state index is 12.0. The lowest BCUT2D eigenvalue weighted by atomic mass is 9.77. The number of nitrogens with two attached hydrogens (primary N) is 1. The third kappa shape index (κ3) is 5.61. The molecule has 0 aromatic carbocycles. The van der Waals surface area contributed by atoms with Crippen molar-refractivity contribution in [3.63, 3.8) is 0 Å². The molecule has 2 atom stereocenters. The molecular weight excluding hydrogens is 412 g/mol. The summed E-state index contributed by atoms with van der Waals surface area (Å²) in [7, 11) is -1.81. The highest BCUT2D eigenvalue weighted by Crippen LogP contribution is 2.38. The van der Waals surface area contributed by atoms with Crippen molar-refractivity contribution in [2.75, 3.05) is 6.61 Å². The van der Waals surface area contributed by atoms with Crippen LogP contribution < -0.4 is 5.73 Å². The molecule has 0 bridgehead atoms. The first-order valence-corrected chi connectivity index (χ1v) is 12.8. The van der Waals surface area contributed by atoms with E-state index in [1.807, 2.05) is 12.1 Å². The minimum Gasteiger partial charge on any atom is -0.417 e. The predicted molar refractivity (Wildman–Crippen MR) is 111 cm³/mol. The summed E-state index contributed by atoms with van der Waals surface area (Å²) in [5.41, 5.74) is 4.81. The Hall–Kier alpha value is -0.763. The lowest BCUT2D eigenvalue weighted by molar-refractivity contribution is -0.139. The molecule has 26 heavy (non-hydrogen) atoms. The molecule has 0 fully saturated rings. The molecule has 0 aliphatic rings. The Morgan fingerprint density at radius 1 is 1.42 bits per heavy atom. The van der Waals surface area contributed by atoms with Crippen molar-refractivity contribution in [1.29, 1.82) is 0 Å². The molecule has 1 aromatic heterocycles. The van der Waals surface area contributed by atoms with Gasteiger partial charge in [-0.05, 0) is 71.0 Å². The van der Waals surface area contributed by atoms with E-state index in [0.29, 0.717) is 17.6 Å². The SMILES string of the molecule is CCC(O)(C(N)=O)C(CCCO[Si](C)(C)C(C)(C)C)c1ccnc(Br)c1. The van der Waals surface area contributed by atoms with E-state index in [0.717, 1.165) is 12.0 Å². The van der Waals surface area contributed by atoms with E-state index in [1.165, 1.54) is 0 Å². The van der Waals surface area contributed by atoms with Crippen molar-refractivity contribution in [3.05, 3.63) is 28.5 Å². The van der Waals surface area contributed by atoms with Crippen LogP contribution in [-0.4, -0.2) is 36.5 Å². The highest BCUT2D eigenvalue weighted by atomic mass is 79.9. The Labute approximate surface area is 167 Å². The van der Waals surface area contributed by atoms with Gasteiger partial charge in [0.25, 0.3) is 0 Å². The normalized spacial score (nSPS) is 16.2. The first kappa shape index (κ1) is 23.3. The van der Waals surface area contributed by atoms with E-state index in [2.05, 4.69) is 54.8 Å². The second-order valence-corrected chi connectivity index (χ2v) is 14.0. The fraction of sp³-hybridized carbons (Fsp3) is 0.684. The first-order chi connectivity index (χ1) is 11.8. The number of carbonyl (C=O) groups excluding carboxylic acids is 1. The van der Waals surface area contributed by atoms with Gasteiger partial charge in [-0.3, -0.25) is 4.79 Å². The van der Waals surface area contributed by atoms with Crippen LogP contribution in [0.4, 0.5) is 0 Å². The van der Waals surface area contributed by atoms with Gasteiger partial charge in [0.2, 0.25) is 5.91 Å². The van der Waals surface area contributed by atoms with Crippen molar-refractivity contribution in [1.82, 2.24) is 4.98 Å². The fourth-order valence-corrected chi connectivity index (χ4v) is 4.21. The van der Waals surface area contributed by atoms with Gasteiger partial charge >= 0.3 is 0 Å². The molecule has 0 radical (unpaired) electrons. The number of hydrogen-bond acceptors (Lipinski definition) is 4. The number of primary amides is 1. The van der Waals surface area contributed by atoms with Gasteiger partial charge in [0.15, 0.2) is 8.32 Å². The van der Waals surface area contributed by atoms with Gasteiger partial charge in [-0.25, -0.2) is 4.98 Å². The van der Waals surface area contributed by atoms with Crippen LogP contribution in [0, 0.1) is 0 Å². The monoisotopic (exact) mass is 444 g/mol. The number of amides is 1. The average molecular weight is 445 g/mol. The molecule has 5 nitrogen and oxygen atoms in total. The van der Waals surface area contributed by atoms with Gasteiger partial charge in [0, 0.05) is 18.7 Å². The van der Waals surface area contributed by atoms with Gasteiger partial charge in [-0.15, -0.1) is 0 Å². The van der Waals surface area contributed by atoms with E-state index in [-0.39, 0.29) is 11.5 Å². The molecule has 0 aliphatic heterocycles. The zero-order chi connectivity index (χ0) is 20.2. The number of hydrogen-bond donors (Lipinski definition) is 2. The Bertz CT molecular complexity index is 619. The first-order valence-electron chi connectivity index (χ1n) is 9.13. The molecule has 0 saturated carbocycles. The minimum absolute atomic E-state index is 0.153. The number of aliphatic hydroxyl groups is 1. The Balaban J connectivity index is 2.93. The number of halogens is 1. The van der Waals surface area contributed by atoms with E-state index >= 15 is 0 Å². The Morgan fingerprint density at radius 3 is 2.50 bits per heavy atom. The summed E-state index contributed by atoms with van der Waals surface area (Å²) < 4.78 is 6.90. The number of rotatable bonds is 9. The zero-order valence-electron chi connectivity index (χ0n) is 16.8.